The molecule has 35 heavy (non-hydrogen) atoms. The summed E-state index contributed by atoms with van der Waals surface area (Å²) >= 11 is 0. The second-order valence-corrected chi connectivity index (χ2v) is 10.1. The Morgan fingerprint density at radius 3 is 2.34 bits per heavy atom. The number of benzene rings is 1. The number of rotatable bonds is 3. The predicted molar refractivity (Wildman–Crippen MR) is 130 cm³/mol. The molecule has 3 aliphatic carbocycles. The number of ketones is 1. The molecule has 0 heterocycles. The van der Waals surface area contributed by atoms with Gasteiger partial charge in [-0.3, -0.25) is 14.4 Å². The van der Waals surface area contributed by atoms with Gasteiger partial charge >= 0.3 is 0 Å². The standard InChI is InChI=1S/C26H31N3O6/c1-11-15(25(34)29(5)6)10-17(28(3)4)16-8-13-7-14-9-18(30)20(24(27)33)12(2)26(14,35)23(32)21(13)22(31)19(11)16/h10,13-14,30,32,35H,2,7-9H2,1,3-6H3,(H2,27,33)/t13?,14-,26-/m0/s1. The first-order valence-electron chi connectivity index (χ1n) is 11.4. The summed E-state index contributed by atoms with van der Waals surface area (Å²) in [7, 11) is 6.93. The van der Waals surface area contributed by atoms with Gasteiger partial charge < -0.3 is 30.9 Å². The van der Waals surface area contributed by atoms with Crippen molar-refractivity contribution in [3.8, 4) is 0 Å². The van der Waals surface area contributed by atoms with Crippen LogP contribution in [0.15, 0.2) is 40.9 Å². The molecule has 5 N–H and O–H groups in total. The van der Waals surface area contributed by atoms with Crippen molar-refractivity contribution in [3.05, 3.63) is 63.1 Å². The van der Waals surface area contributed by atoms with Gasteiger partial charge in [-0.05, 0) is 42.9 Å². The minimum Gasteiger partial charge on any atom is -0.511 e. The molecule has 0 fully saturated rings. The van der Waals surface area contributed by atoms with E-state index >= 15 is 0 Å². The fraction of sp³-hybridized carbons (Fsp3) is 0.423. The van der Waals surface area contributed by atoms with Gasteiger partial charge in [-0.2, -0.15) is 0 Å². The number of hydrogen-bond acceptors (Lipinski definition) is 7. The zero-order valence-corrected chi connectivity index (χ0v) is 20.6. The Morgan fingerprint density at radius 1 is 1.17 bits per heavy atom. The number of carbonyl (C=O) groups is 3. The van der Waals surface area contributed by atoms with Crippen LogP contribution in [0.5, 0.6) is 0 Å². The first-order chi connectivity index (χ1) is 16.2. The zero-order chi connectivity index (χ0) is 26.1. The van der Waals surface area contributed by atoms with Crippen molar-refractivity contribution in [1.82, 2.24) is 4.90 Å². The number of nitrogens with zero attached hydrogens (tertiary/aromatic N) is 2. The first-order valence-corrected chi connectivity index (χ1v) is 11.4. The van der Waals surface area contributed by atoms with Gasteiger partial charge in [-0.1, -0.05) is 6.58 Å². The number of primary amides is 1. The third-order valence-electron chi connectivity index (χ3n) is 7.63. The summed E-state index contributed by atoms with van der Waals surface area (Å²) in [6.45, 7) is 5.47. The van der Waals surface area contributed by atoms with E-state index in [2.05, 4.69) is 6.58 Å². The lowest BCUT2D eigenvalue weighted by atomic mass is 9.59. The second-order valence-electron chi connectivity index (χ2n) is 10.1. The molecular formula is C26H31N3O6. The van der Waals surface area contributed by atoms with Crippen LogP contribution >= 0.6 is 0 Å². The fourth-order valence-corrected chi connectivity index (χ4v) is 5.89. The van der Waals surface area contributed by atoms with Gasteiger partial charge in [0.15, 0.2) is 11.4 Å². The van der Waals surface area contributed by atoms with E-state index in [-0.39, 0.29) is 41.2 Å². The van der Waals surface area contributed by atoms with Gasteiger partial charge in [0.2, 0.25) is 0 Å². The molecule has 9 nitrogen and oxygen atoms in total. The Kier molecular flexibility index (Phi) is 5.59. The number of fused-ring (bicyclic) bond motifs is 3. The number of amides is 2. The molecule has 3 atom stereocenters. The summed E-state index contributed by atoms with van der Waals surface area (Å²) < 4.78 is 0. The van der Waals surface area contributed by atoms with E-state index in [4.69, 9.17) is 5.73 Å². The maximum Gasteiger partial charge on any atom is 0.253 e. The SMILES string of the molecule is C=C1C(C(N)=O)=C(O)C[C@@H]2CC3Cc4c(N(C)C)cc(C(=O)N(C)C)c(C)c4C(=O)C3=C(O)[C@]12O. The van der Waals surface area contributed by atoms with Crippen molar-refractivity contribution in [2.75, 3.05) is 33.1 Å². The van der Waals surface area contributed by atoms with Gasteiger partial charge in [0.1, 0.15) is 11.5 Å². The van der Waals surface area contributed by atoms with Crippen LogP contribution in [0.1, 0.15) is 44.7 Å². The zero-order valence-electron chi connectivity index (χ0n) is 20.6. The largest absolute Gasteiger partial charge is 0.511 e. The molecule has 9 heteroatoms. The highest BCUT2D eigenvalue weighted by Gasteiger charge is 2.56. The smallest absolute Gasteiger partial charge is 0.253 e. The molecule has 3 aliphatic rings. The maximum absolute atomic E-state index is 13.9. The summed E-state index contributed by atoms with van der Waals surface area (Å²) in [4.78, 5) is 42.1. The Balaban J connectivity index is 1.96. The molecule has 0 spiro atoms. The van der Waals surface area contributed by atoms with Crippen LogP contribution in [0.25, 0.3) is 0 Å². The number of aliphatic hydroxyl groups excluding tert-OH is 2. The Labute approximate surface area is 203 Å². The van der Waals surface area contributed by atoms with E-state index in [0.717, 1.165) is 11.3 Å². The maximum atomic E-state index is 13.9. The van der Waals surface area contributed by atoms with Crippen molar-refractivity contribution in [3.63, 3.8) is 0 Å². The van der Waals surface area contributed by atoms with Crippen molar-refractivity contribution in [1.29, 1.82) is 0 Å². The van der Waals surface area contributed by atoms with Gasteiger partial charge in [0.05, 0.1) is 5.57 Å². The molecular weight excluding hydrogens is 450 g/mol. The highest BCUT2D eigenvalue weighted by molar-refractivity contribution is 6.15. The molecule has 0 radical (unpaired) electrons. The lowest BCUT2D eigenvalue weighted by molar-refractivity contribution is -0.115. The second kappa shape index (κ2) is 7.98. The van der Waals surface area contributed by atoms with E-state index in [1.807, 2.05) is 19.0 Å². The van der Waals surface area contributed by atoms with E-state index in [1.54, 1.807) is 27.1 Å². The Bertz CT molecular complexity index is 1270. The van der Waals surface area contributed by atoms with Crippen molar-refractivity contribution >= 4 is 23.3 Å². The van der Waals surface area contributed by atoms with E-state index in [0.29, 0.717) is 23.1 Å². The number of allylic oxidation sites excluding steroid dienone is 2. The van der Waals surface area contributed by atoms with Gasteiger partial charge in [0, 0.05) is 68.5 Å². The third kappa shape index (κ3) is 3.29. The van der Waals surface area contributed by atoms with Crippen molar-refractivity contribution in [2.45, 2.75) is 31.8 Å². The minimum atomic E-state index is -2.11. The van der Waals surface area contributed by atoms with Gasteiger partial charge in [-0.25, -0.2) is 0 Å². The molecule has 0 saturated heterocycles. The summed E-state index contributed by atoms with van der Waals surface area (Å²) in [5, 5.41) is 33.4. The molecule has 1 aromatic carbocycles. The normalized spacial score (nSPS) is 25.7. The lowest BCUT2D eigenvalue weighted by Crippen LogP contribution is -2.52. The Hall–Kier alpha value is -3.59. The average Bonchev–Trinajstić information content (AvgIpc) is 2.75. The first kappa shape index (κ1) is 24.5. The summed E-state index contributed by atoms with van der Waals surface area (Å²) in [5.41, 5.74) is 5.50. The third-order valence-corrected chi connectivity index (χ3v) is 7.63. The topological polar surface area (TPSA) is 144 Å². The molecule has 0 saturated carbocycles. The molecule has 0 aromatic heterocycles. The molecule has 1 aromatic rings. The Morgan fingerprint density at radius 2 is 1.80 bits per heavy atom. The van der Waals surface area contributed by atoms with E-state index in [1.165, 1.54) is 4.90 Å². The van der Waals surface area contributed by atoms with Crippen molar-refractivity contribution < 1.29 is 29.7 Å². The number of carbonyl (C=O) groups excluding carboxylic acids is 3. The minimum absolute atomic E-state index is 0.0462. The van der Waals surface area contributed by atoms with Crippen LogP contribution in [0.2, 0.25) is 0 Å². The molecule has 2 amide bonds. The molecule has 1 unspecified atom stereocenters. The highest BCUT2D eigenvalue weighted by Crippen LogP contribution is 2.54. The number of nitrogens with two attached hydrogens (primary N) is 1. The lowest BCUT2D eigenvalue weighted by Gasteiger charge is -2.48. The number of anilines is 1. The fourth-order valence-electron chi connectivity index (χ4n) is 5.89. The van der Waals surface area contributed by atoms with Gasteiger partial charge in [-0.15, -0.1) is 0 Å². The number of aliphatic hydroxyl groups is 3. The molecule has 186 valence electrons. The summed E-state index contributed by atoms with van der Waals surface area (Å²) in [6, 6.07) is 1.79. The quantitative estimate of drug-likeness (QED) is 0.516. The molecule has 0 bridgehead atoms. The van der Waals surface area contributed by atoms with Crippen molar-refractivity contribution in [2.24, 2.45) is 17.6 Å². The summed E-state index contributed by atoms with van der Waals surface area (Å²) in [6.07, 6.45) is 0.594. The van der Waals surface area contributed by atoms with Crippen LogP contribution in [0.3, 0.4) is 0 Å². The van der Waals surface area contributed by atoms with E-state index < -0.39 is 34.9 Å². The van der Waals surface area contributed by atoms with Crippen LogP contribution in [0, 0.1) is 18.8 Å². The van der Waals surface area contributed by atoms with Crippen LogP contribution < -0.4 is 10.6 Å². The highest BCUT2D eigenvalue weighted by atomic mass is 16.3. The van der Waals surface area contributed by atoms with Crippen LogP contribution in [-0.2, 0) is 11.2 Å². The van der Waals surface area contributed by atoms with Crippen LogP contribution in [0.4, 0.5) is 5.69 Å². The summed E-state index contributed by atoms with van der Waals surface area (Å²) in [5.74, 6) is -3.67. The average molecular weight is 482 g/mol. The molecule has 0 aliphatic heterocycles. The van der Waals surface area contributed by atoms with Crippen LogP contribution in [-0.4, -0.2) is 71.6 Å². The van der Waals surface area contributed by atoms with E-state index in [9.17, 15) is 29.7 Å². The monoisotopic (exact) mass is 481 g/mol. The predicted octanol–water partition coefficient (Wildman–Crippen LogP) is 1.94. The molecule has 4 rings (SSSR count). The van der Waals surface area contributed by atoms with Gasteiger partial charge in [0.25, 0.3) is 11.8 Å². The number of Topliss-reactive ketones (excluding diaryl/α,β-unsaturated/α-hetero) is 1. The number of hydrogen-bond donors (Lipinski definition) is 4.